The van der Waals surface area contributed by atoms with E-state index < -0.39 is 35.6 Å². The molecule has 0 aliphatic rings. The fourth-order valence-corrected chi connectivity index (χ4v) is 4.82. The molecule has 0 radical (unpaired) electrons. The van der Waals surface area contributed by atoms with Gasteiger partial charge < -0.3 is 19.7 Å². The van der Waals surface area contributed by atoms with E-state index in [0.717, 1.165) is 23.4 Å². The molecule has 0 saturated heterocycles. The lowest BCUT2D eigenvalue weighted by Gasteiger charge is -2.24. The Balaban J connectivity index is 1.58. The molecular weight excluding hydrogens is 601 g/mol. The van der Waals surface area contributed by atoms with Crippen molar-refractivity contribution >= 4 is 34.6 Å². The van der Waals surface area contributed by atoms with E-state index in [1.807, 2.05) is 42.2 Å². The Morgan fingerprint density at radius 1 is 0.870 bits per heavy atom. The van der Waals surface area contributed by atoms with Gasteiger partial charge in [0.15, 0.2) is 0 Å². The molecule has 1 heterocycles. The van der Waals surface area contributed by atoms with Crippen LogP contribution in [0.1, 0.15) is 55.2 Å². The van der Waals surface area contributed by atoms with Gasteiger partial charge in [-0.2, -0.15) is 13.2 Å². The van der Waals surface area contributed by atoms with Crippen LogP contribution >= 0.6 is 0 Å². The Hall–Kier alpha value is -5.00. The third-order valence-corrected chi connectivity index (χ3v) is 7.15. The maximum Gasteiger partial charge on any atom is 0.416 e. The minimum Gasteiger partial charge on any atom is -0.466 e. The summed E-state index contributed by atoms with van der Waals surface area (Å²) >= 11 is 0. The van der Waals surface area contributed by atoms with Crippen molar-refractivity contribution in [1.29, 1.82) is 0 Å². The molecule has 242 valence electrons. The van der Waals surface area contributed by atoms with Crippen LogP contribution in [-0.4, -0.2) is 53.6 Å². The van der Waals surface area contributed by atoms with Crippen LogP contribution in [0, 0.1) is 0 Å². The molecule has 0 fully saturated rings. The first-order valence-electron chi connectivity index (χ1n) is 14.9. The first-order chi connectivity index (χ1) is 22.0. The number of nitrogens with zero attached hydrogens (tertiary/aromatic N) is 3. The first-order valence-corrected chi connectivity index (χ1v) is 14.9. The summed E-state index contributed by atoms with van der Waals surface area (Å²) in [5.41, 5.74) is 2.49. The molecule has 4 aromatic rings. The Morgan fingerprint density at radius 2 is 1.57 bits per heavy atom. The Kier molecular flexibility index (Phi) is 11.3. The molecule has 1 amide bonds. The van der Waals surface area contributed by atoms with Crippen molar-refractivity contribution in [2.45, 2.75) is 52.4 Å². The molecule has 0 spiro atoms. The molecule has 1 atom stereocenters. The minimum atomic E-state index is -4.52. The lowest BCUT2D eigenvalue weighted by molar-refractivity contribution is -0.147. The molecule has 1 aromatic heterocycles. The number of anilines is 1. The summed E-state index contributed by atoms with van der Waals surface area (Å²) in [6.45, 7) is 6.31. The Morgan fingerprint density at radius 3 is 2.20 bits per heavy atom. The molecule has 0 saturated carbocycles. The van der Waals surface area contributed by atoms with E-state index in [4.69, 9.17) is 14.5 Å². The number of nitrogens with one attached hydrogen (secondary N) is 1. The molecule has 0 unspecified atom stereocenters. The average Bonchev–Trinajstić information content (AvgIpc) is 3.05. The Labute approximate surface area is 264 Å². The van der Waals surface area contributed by atoms with Crippen molar-refractivity contribution < 1.29 is 37.0 Å². The fourth-order valence-electron chi connectivity index (χ4n) is 4.82. The van der Waals surface area contributed by atoms with Crippen molar-refractivity contribution in [3.63, 3.8) is 0 Å². The molecule has 12 heteroatoms. The van der Waals surface area contributed by atoms with Crippen LogP contribution in [0.5, 0.6) is 0 Å². The van der Waals surface area contributed by atoms with Crippen LogP contribution in [-0.2, 0) is 31.8 Å². The highest BCUT2D eigenvalue weighted by atomic mass is 19.4. The van der Waals surface area contributed by atoms with Gasteiger partial charge in [-0.25, -0.2) is 14.8 Å². The number of ether oxygens (including phenoxy) is 2. The zero-order valence-corrected chi connectivity index (χ0v) is 25.8. The quantitative estimate of drug-likeness (QED) is 0.169. The number of alkyl halides is 3. The number of fused-ring (bicyclic) bond motifs is 1. The summed E-state index contributed by atoms with van der Waals surface area (Å²) in [5.74, 6) is -1.66. The second kappa shape index (κ2) is 15.3. The summed E-state index contributed by atoms with van der Waals surface area (Å²) in [7, 11) is 0. The standard InChI is InChI=1S/C34H35F3N4O5/c1-4-41(25-15-12-23(13-16-25)32(43)40-27(33(44)46-6-3)18-19-30(42)45-5-2)21-29-31(22-10-8-7-9-11-22)39-26-17-14-24(34(35,36)37)20-28(26)38-29/h7-17,20,27H,4-6,18-19,21H2,1-3H3,(H,40,43)/t27-/m0/s1. The monoisotopic (exact) mass is 636 g/mol. The zero-order chi connectivity index (χ0) is 33.3. The van der Waals surface area contributed by atoms with Crippen molar-refractivity contribution in [1.82, 2.24) is 15.3 Å². The molecule has 46 heavy (non-hydrogen) atoms. The number of halogens is 3. The maximum atomic E-state index is 13.5. The highest BCUT2D eigenvalue weighted by Crippen LogP contribution is 2.32. The number of carbonyl (C=O) groups is 3. The smallest absolute Gasteiger partial charge is 0.416 e. The maximum absolute atomic E-state index is 13.5. The van der Waals surface area contributed by atoms with Crippen LogP contribution in [0.4, 0.5) is 18.9 Å². The number of carbonyl (C=O) groups excluding carboxylic acids is 3. The van der Waals surface area contributed by atoms with E-state index in [9.17, 15) is 27.6 Å². The van der Waals surface area contributed by atoms with Crippen LogP contribution in [0.15, 0.2) is 72.8 Å². The van der Waals surface area contributed by atoms with E-state index in [-0.39, 0.29) is 43.7 Å². The van der Waals surface area contributed by atoms with Gasteiger partial charge in [-0.15, -0.1) is 0 Å². The van der Waals surface area contributed by atoms with E-state index in [2.05, 4.69) is 10.3 Å². The van der Waals surface area contributed by atoms with Gasteiger partial charge in [-0.3, -0.25) is 9.59 Å². The molecule has 0 aliphatic heterocycles. The second-order valence-electron chi connectivity index (χ2n) is 10.3. The van der Waals surface area contributed by atoms with E-state index >= 15 is 0 Å². The van der Waals surface area contributed by atoms with Crippen LogP contribution in [0.25, 0.3) is 22.3 Å². The van der Waals surface area contributed by atoms with Gasteiger partial charge in [0.05, 0.1) is 47.7 Å². The SMILES string of the molecule is CCOC(=O)CC[C@H](NC(=O)c1ccc(N(CC)Cc2nc3cc(C(F)(F)F)ccc3nc2-c2ccccc2)cc1)C(=O)OCC. The highest BCUT2D eigenvalue weighted by molar-refractivity contribution is 5.97. The van der Waals surface area contributed by atoms with Gasteiger partial charge in [-0.1, -0.05) is 30.3 Å². The molecule has 9 nitrogen and oxygen atoms in total. The van der Waals surface area contributed by atoms with Gasteiger partial charge in [-0.05, 0) is 69.7 Å². The average molecular weight is 637 g/mol. The number of aromatic nitrogens is 2. The minimum absolute atomic E-state index is 0.0199. The largest absolute Gasteiger partial charge is 0.466 e. The van der Waals surface area contributed by atoms with E-state index in [1.54, 1.807) is 38.1 Å². The van der Waals surface area contributed by atoms with Crippen LogP contribution in [0.3, 0.4) is 0 Å². The number of hydrogen-bond acceptors (Lipinski definition) is 8. The predicted octanol–water partition coefficient (Wildman–Crippen LogP) is 6.35. The summed E-state index contributed by atoms with van der Waals surface area (Å²) < 4.78 is 50.3. The summed E-state index contributed by atoms with van der Waals surface area (Å²) in [5, 5.41) is 2.64. The van der Waals surface area contributed by atoms with Crippen molar-refractivity contribution in [2.24, 2.45) is 0 Å². The van der Waals surface area contributed by atoms with Crippen molar-refractivity contribution in [2.75, 3.05) is 24.7 Å². The molecular formula is C34H35F3N4O5. The molecule has 1 N–H and O–H groups in total. The summed E-state index contributed by atoms with van der Waals surface area (Å²) in [6, 6.07) is 18.2. The molecule has 3 aromatic carbocycles. The number of amides is 1. The normalized spacial score (nSPS) is 12.0. The van der Waals surface area contributed by atoms with E-state index in [1.165, 1.54) is 6.07 Å². The molecule has 4 rings (SSSR count). The van der Waals surface area contributed by atoms with Crippen molar-refractivity contribution in [3.8, 4) is 11.3 Å². The van der Waals surface area contributed by atoms with Gasteiger partial charge in [0.2, 0.25) is 0 Å². The van der Waals surface area contributed by atoms with Gasteiger partial charge >= 0.3 is 18.1 Å². The third kappa shape index (κ3) is 8.58. The Bertz CT molecular complexity index is 1660. The zero-order valence-electron chi connectivity index (χ0n) is 25.8. The molecule has 0 bridgehead atoms. The summed E-state index contributed by atoms with van der Waals surface area (Å²) in [6.07, 6.45) is -4.57. The summed E-state index contributed by atoms with van der Waals surface area (Å²) in [4.78, 5) is 48.6. The number of hydrogen-bond donors (Lipinski definition) is 1. The van der Waals surface area contributed by atoms with Crippen LogP contribution in [0.2, 0.25) is 0 Å². The lowest BCUT2D eigenvalue weighted by atomic mass is 10.1. The second-order valence-corrected chi connectivity index (χ2v) is 10.3. The lowest BCUT2D eigenvalue weighted by Crippen LogP contribution is -2.42. The van der Waals surface area contributed by atoms with Gasteiger partial charge in [0.1, 0.15) is 6.04 Å². The fraction of sp³-hybridized carbons (Fsp3) is 0.324. The number of esters is 2. The van der Waals surface area contributed by atoms with Gasteiger partial charge in [0, 0.05) is 29.8 Å². The van der Waals surface area contributed by atoms with Crippen molar-refractivity contribution in [3.05, 3.63) is 89.6 Å². The number of benzene rings is 3. The predicted molar refractivity (Wildman–Crippen MR) is 167 cm³/mol. The van der Waals surface area contributed by atoms with Gasteiger partial charge in [0.25, 0.3) is 5.91 Å². The third-order valence-electron chi connectivity index (χ3n) is 7.15. The van der Waals surface area contributed by atoms with E-state index in [0.29, 0.717) is 23.4 Å². The highest BCUT2D eigenvalue weighted by Gasteiger charge is 2.31. The first kappa shape index (κ1) is 33.9. The number of rotatable bonds is 13. The molecule has 0 aliphatic carbocycles. The topological polar surface area (TPSA) is 111 Å². The van der Waals surface area contributed by atoms with Crippen LogP contribution < -0.4 is 10.2 Å².